The fraction of sp³-hybridized carbons (Fsp3) is 0.400. The molecule has 2 aromatic carbocycles. The smallest absolute Gasteiger partial charge is 0.232 e. The first kappa shape index (κ1) is 24.9. The predicted octanol–water partition coefficient (Wildman–Crippen LogP) is 2.88. The first-order valence-electron chi connectivity index (χ1n) is 11.5. The van der Waals surface area contributed by atoms with Crippen LogP contribution < -0.4 is 19.7 Å². The second-order valence-electron chi connectivity index (χ2n) is 8.13. The van der Waals surface area contributed by atoms with Gasteiger partial charge < -0.3 is 24.4 Å². The molecule has 1 saturated heterocycles. The van der Waals surface area contributed by atoms with Gasteiger partial charge in [-0.25, -0.2) is 0 Å². The number of aromatic nitrogens is 3. The Morgan fingerprint density at radius 3 is 2.51 bits per heavy atom. The number of carbonyl (C=O) groups is 1. The highest BCUT2D eigenvalue weighted by Gasteiger charge is 2.22. The maximum Gasteiger partial charge on any atom is 0.232 e. The molecule has 2 heterocycles. The minimum Gasteiger partial charge on any atom is -0.493 e. The van der Waals surface area contributed by atoms with Gasteiger partial charge in [0.1, 0.15) is 0 Å². The summed E-state index contributed by atoms with van der Waals surface area (Å²) >= 11 is 1.38. The van der Waals surface area contributed by atoms with Crippen molar-refractivity contribution in [1.29, 1.82) is 0 Å². The summed E-state index contributed by atoms with van der Waals surface area (Å²) in [6.07, 6.45) is 0.692. The molecule has 0 atom stereocenters. The second-order valence-corrected chi connectivity index (χ2v) is 9.07. The fourth-order valence-corrected chi connectivity index (χ4v) is 4.58. The quantitative estimate of drug-likeness (QED) is 0.428. The molecule has 1 aromatic heterocycles. The van der Waals surface area contributed by atoms with Crippen LogP contribution in [0, 0.1) is 6.92 Å². The van der Waals surface area contributed by atoms with Gasteiger partial charge in [-0.15, -0.1) is 10.2 Å². The van der Waals surface area contributed by atoms with Crippen LogP contribution in [0.25, 0.3) is 5.69 Å². The number of rotatable bonds is 10. The van der Waals surface area contributed by atoms with E-state index in [1.165, 1.54) is 17.3 Å². The Morgan fingerprint density at radius 1 is 1.06 bits per heavy atom. The largest absolute Gasteiger partial charge is 0.493 e. The van der Waals surface area contributed by atoms with Gasteiger partial charge in [-0.3, -0.25) is 9.36 Å². The van der Waals surface area contributed by atoms with Crippen LogP contribution in [0.2, 0.25) is 0 Å². The summed E-state index contributed by atoms with van der Waals surface area (Å²) in [5.74, 6) is 2.33. The van der Waals surface area contributed by atoms with Crippen molar-refractivity contribution in [1.82, 2.24) is 20.1 Å². The van der Waals surface area contributed by atoms with E-state index in [4.69, 9.17) is 14.2 Å². The Morgan fingerprint density at radius 2 is 1.80 bits per heavy atom. The van der Waals surface area contributed by atoms with E-state index in [1.54, 1.807) is 14.2 Å². The summed E-state index contributed by atoms with van der Waals surface area (Å²) in [7, 11) is 3.22. The molecule has 10 heteroatoms. The van der Waals surface area contributed by atoms with E-state index in [0.717, 1.165) is 30.3 Å². The molecule has 1 aliphatic rings. The molecule has 186 valence electrons. The Balaban J connectivity index is 1.38. The Kier molecular flexibility index (Phi) is 8.49. The Hall–Kier alpha value is -3.24. The highest BCUT2D eigenvalue weighted by Crippen LogP contribution is 2.28. The first-order chi connectivity index (χ1) is 17.1. The van der Waals surface area contributed by atoms with Gasteiger partial charge in [-0.1, -0.05) is 35.5 Å². The highest BCUT2D eigenvalue weighted by atomic mass is 32.2. The number of hydrogen-bond donors (Lipinski definition) is 1. The number of anilines is 1. The van der Waals surface area contributed by atoms with E-state index < -0.39 is 0 Å². The van der Waals surface area contributed by atoms with Crippen LogP contribution in [0.5, 0.6) is 11.5 Å². The van der Waals surface area contributed by atoms with Crippen LogP contribution in [-0.2, 0) is 16.0 Å². The van der Waals surface area contributed by atoms with Crippen molar-refractivity contribution in [3.8, 4) is 17.2 Å². The number of aryl methyl sites for hydroxylation is 1. The molecule has 0 aliphatic carbocycles. The minimum absolute atomic E-state index is 0.0538. The number of methoxy groups -OCH3 is 2. The third-order valence-electron chi connectivity index (χ3n) is 5.72. The van der Waals surface area contributed by atoms with Crippen molar-refractivity contribution in [2.75, 3.05) is 57.7 Å². The van der Waals surface area contributed by atoms with Crippen LogP contribution in [0.4, 0.5) is 5.95 Å². The predicted molar refractivity (Wildman–Crippen MR) is 136 cm³/mol. The fourth-order valence-electron chi connectivity index (χ4n) is 3.81. The molecule has 0 radical (unpaired) electrons. The zero-order valence-corrected chi connectivity index (χ0v) is 21.1. The SMILES string of the molecule is COc1ccc(CCNC(=O)CSc2nnc(N3CCOCC3)n2-c2ccc(C)cc2)cc1OC. The van der Waals surface area contributed by atoms with Crippen LogP contribution >= 0.6 is 11.8 Å². The summed E-state index contributed by atoms with van der Waals surface area (Å²) in [4.78, 5) is 14.7. The third-order valence-corrected chi connectivity index (χ3v) is 6.65. The van der Waals surface area contributed by atoms with E-state index in [1.807, 2.05) is 22.8 Å². The van der Waals surface area contributed by atoms with Crippen molar-refractivity contribution in [3.63, 3.8) is 0 Å². The number of benzene rings is 2. The van der Waals surface area contributed by atoms with Crippen LogP contribution in [0.15, 0.2) is 47.6 Å². The molecular formula is C25H31N5O4S. The molecular weight excluding hydrogens is 466 g/mol. The van der Waals surface area contributed by atoms with Crippen LogP contribution in [0.3, 0.4) is 0 Å². The highest BCUT2D eigenvalue weighted by molar-refractivity contribution is 7.99. The summed E-state index contributed by atoms with van der Waals surface area (Å²) in [6.45, 7) is 5.41. The topological polar surface area (TPSA) is 90.7 Å². The van der Waals surface area contributed by atoms with Crippen molar-refractivity contribution in [2.45, 2.75) is 18.5 Å². The maximum absolute atomic E-state index is 12.6. The summed E-state index contributed by atoms with van der Waals surface area (Å²) in [6, 6.07) is 14.0. The standard InChI is InChI=1S/C25H31N5O4S/c1-18-4-7-20(8-5-18)30-24(29-12-14-34-15-13-29)27-28-25(30)35-17-23(31)26-11-10-19-6-9-21(32-2)22(16-19)33-3/h4-9,16H,10-15,17H2,1-3H3,(H,26,31). The lowest BCUT2D eigenvalue weighted by Gasteiger charge is -2.27. The van der Waals surface area contributed by atoms with Gasteiger partial charge in [0.15, 0.2) is 16.7 Å². The average Bonchev–Trinajstić information content (AvgIpc) is 3.32. The average molecular weight is 498 g/mol. The lowest BCUT2D eigenvalue weighted by atomic mass is 10.1. The summed E-state index contributed by atoms with van der Waals surface area (Å²) in [5.41, 5.74) is 3.21. The van der Waals surface area contributed by atoms with Gasteiger partial charge in [0.25, 0.3) is 0 Å². The number of ether oxygens (including phenoxy) is 3. The Labute approximate surface area is 209 Å². The molecule has 1 N–H and O–H groups in total. The van der Waals surface area contributed by atoms with E-state index in [2.05, 4.69) is 51.6 Å². The lowest BCUT2D eigenvalue weighted by Crippen LogP contribution is -2.37. The molecule has 0 bridgehead atoms. The van der Waals surface area contributed by atoms with Gasteiger partial charge in [-0.2, -0.15) is 0 Å². The van der Waals surface area contributed by atoms with Gasteiger partial charge in [-0.05, 0) is 43.2 Å². The molecule has 4 rings (SSSR count). The summed E-state index contributed by atoms with van der Waals surface area (Å²) in [5, 5.41) is 12.5. The first-order valence-corrected chi connectivity index (χ1v) is 12.5. The van der Waals surface area contributed by atoms with E-state index in [9.17, 15) is 4.79 Å². The van der Waals surface area contributed by atoms with Crippen molar-refractivity contribution < 1.29 is 19.0 Å². The van der Waals surface area contributed by atoms with E-state index in [-0.39, 0.29) is 11.7 Å². The number of amides is 1. The number of morpholine rings is 1. The van der Waals surface area contributed by atoms with Gasteiger partial charge in [0.05, 0.1) is 38.9 Å². The van der Waals surface area contributed by atoms with Gasteiger partial charge in [0.2, 0.25) is 11.9 Å². The number of hydrogen-bond acceptors (Lipinski definition) is 8. The van der Waals surface area contributed by atoms with Crippen molar-refractivity contribution in [2.24, 2.45) is 0 Å². The van der Waals surface area contributed by atoms with Gasteiger partial charge >= 0.3 is 0 Å². The molecule has 1 fully saturated rings. The van der Waals surface area contributed by atoms with Crippen LogP contribution in [-0.4, -0.2) is 73.5 Å². The number of nitrogens with zero attached hydrogens (tertiary/aromatic N) is 4. The zero-order chi connectivity index (χ0) is 24.6. The lowest BCUT2D eigenvalue weighted by molar-refractivity contribution is -0.118. The van der Waals surface area contributed by atoms with Crippen molar-refractivity contribution in [3.05, 3.63) is 53.6 Å². The molecule has 9 nitrogen and oxygen atoms in total. The molecule has 35 heavy (non-hydrogen) atoms. The second kappa shape index (κ2) is 11.9. The molecule has 0 spiro atoms. The maximum atomic E-state index is 12.6. The van der Waals surface area contributed by atoms with E-state index in [0.29, 0.717) is 42.8 Å². The molecule has 0 unspecified atom stereocenters. The Bertz CT molecular complexity index is 1130. The normalized spacial score (nSPS) is 13.5. The number of nitrogens with one attached hydrogen (secondary N) is 1. The molecule has 3 aromatic rings. The molecule has 0 saturated carbocycles. The van der Waals surface area contributed by atoms with E-state index >= 15 is 0 Å². The van der Waals surface area contributed by atoms with Gasteiger partial charge in [0, 0.05) is 19.6 Å². The van der Waals surface area contributed by atoms with Crippen molar-refractivity contribution >= 4 is 23.6 Å². The number of carbonyl (C=O) groups excluding carboxylic acids is 1. The minimum atomic E-state index is -0.0538. The number of thioether (sulfide) groups is 1. The molecule has 1 amide bonds. The molecule has 1 aliphatic heterocycles. The monoisotopic (exact) mass is 497 g/mol. The third kappa shape index (κ3) is 6.26. The van der Waals surface area contributed by atoms with Crippen LogP contribution in [0.1, 0.15) is 11.1 Å². The summed E-state index contributed by atoms with van der Waals surface area (Å²) < 4.78 is 18.1. The zero-order valence-electron chi connectivity index (χ0n) is 20.3.